The van der Waals surface area contributed by atoms with Gasteiger partial charge in [-0.3, -0.25) is 10.1 Å². The summed E-state index contributed by atoms with van der Waals surface area (Å²) in [5, 5.41) is 14.3. The maximum absolute atomic E-state index is 10.8. The van der Waals surface area contributed by atoms with Crippen LogP contribution >= 0.6 is 0 Å². The summed E-state index contributed by atoms with van der Waals surface area (Å²) < 4.78 is 11.2. The maximum Gasteiger partial charge on any atom is 0.269 e. The molecule has 0 radical (unpaired) electrons. The number of nitro groups is 1. The van der Waals surface area contributed by atoms with Crippen molar-refractivity contribution in [3.05, 3.63) is 70.3 Å². The van der Waals surface area contributed by atoms with Gasteiger partial charge in [0.25, 0.3) is 5.69 Å². The van der Waals surface area contributed by atoms with Crippen LogP contribution in [0.3, 0.4) is 0 Å². The molecule has 1 aliphatic heterocycles. The van der Waals surface area contributed by atoms with E-state index in [4.69, 9.17) is 14.5 Å². The largest absolute Gasteiger partial charge is 0.492 e. The average Bonchev–Trinajstić information content (AvgIpc) is 3.28. The predicted octanol–water partition coefficient (Wildman–Crippen LogP) is 3.09. The van der Waals surface area contributed by atoms with E-state index in [1.807, 2.05) is 42.3 Å². The Morgan fingerprint density at radius 3 is 2.70 bits per heavy atom. The Morgan fingerprint density at radius 1 is 1.27 bits per heavy atom. The molecule has 0 bridgehead atoms. The minimum atomic E-state index is -0.399. The van der Waals surface area contributed by atoms with Gasteiger partial charge in [-0.1, -0.05) is 30.3 Å². The summed E-state index contributed by atoms with van der Waals surface area (Å²) in [5.74, 6) is 2.09. The lowest BCUT2D eigenvalue weighted by molar-refractivity contribution is -0.384. The van der Waals surface area contributed by atoms with E-state index in [1.54, 1.807) is 12.1 Å². The fourth-order valence-electron chi connectivity index (χ4n) is 3.10. The standard InChI is InChI=1S/C22H28N4O4/c1-25(12-14-30-21-5-3-2-4-6-21)22(24-16-19-11-13-29-17-19)23-15-18-7-9-20(10-8-18)26(27)28/h2-10,19H,11-17H2,1H3,(H,23,24). The van der Waals surface area contributed by atoms with Crippen LogP contribution in [0.2, 0.25) is 0 Å². The van der Waals surface area contributed by atoms with Crippen molar-refractivity contribution in [1.29, 1.82) is 0 Å². The van der Waals surface area contributed by atoms with Gasteiger partial charge in [0.15, 0.2) is 5.96 Å². The van der Waals surface area contributed by atoms with E-state index in [0.717, 1.165) is 43.5 Å². The Kier molecular flexibility index (Phi) is 8.02. The molecule has 3 rings (SSSR count). The van der Waals surface area contributed by atoms with Gasteiger partial charge in [-0.2, -0.15) is 0 Å². The van der Waals surface area contributed by atoms with Crippen molar-refractivity contribution in [2.75, 3.05) is 40.0 Å². The van der Waals surface area contributed by atoms with E-state index in [0.29, 0.717) is 25.6 Å². The van der Waals surface area contributed by atoms with Gasteiger partial charge in [0, 0.05) is 38.2 Å². The number of guanidine groups is 1. The smallest absolute Gasteiger partial charge is 0.269 e. The number of nitrogens with zero attached hydrogens (tertiary/aromatic N) is 3. The molecule has 1 N–H and O–H groups in total. The molecule has 1 heterocycles. The molecule has 2 aromatic carbocycles. The number of hydrogen-bond acceptors (Lipinski definition) is 5. The van der Waals surface area contributed by atoms with Crippen LogP contribution in [-0.4, -0.2) is 55.7 Å². The molecular weight excluding hydrogens is 384 g/mol. The van der Waals surface area contributed by atoms with Crippen molar-refractivity contribution < 1.29 is 14.4 Å². The highest BCUT2D eigenvalue weighted by atomic mass is 16.6. The number of non-ortho nitro benzene ring substituents is 1. The summed E-state index contributed by atoms with van der Waals surface area (Å²) in [5.41, 5.74) is 0.996. The van der Waals surface area contributed by atoms with E-state index < -0.39 is 4.92 Å². The van der Waals surface area contributed by atoms with Crippen LogP contribution in [0.1, 0.15) is 12.0 Å². The van der Waals surface area contributed by atoms with Gasteiger partial charge in [0.05, 0.1) is 24.6 Å². The minimum Gasteiger partial charge on any atom is -0.492 e. The molecule has 0 aliphatic carbocycles. The van der Waals surface area contributed by atoms with E-state index in [1.165, 1.54) is 12.1 Å². The fourth-order valence-corrected chi connectivity index (χ4v) is 3.10. The number of ether oxygens (including phenoxy) is 2. The minimum absolute atomic E-state index is 0.0810. The van der Waals surface area contributed by atoms with Gasteiger partial charge in [-0.25, -0.2) is 4.99 Å². The lowest BCUT2D eigenvalue weighted by atomic mass is 10.1. The molecule has 1 fully saturated rings. The van der Waals surface area contributed by atoms with Crippen LogP contribution in [0.25, 0.3) is 0 Å². The number of likely N-dealkylation sites (N-methyl/N-ethyl adjacent to an activating group) is 1. The Morgan fingerprint density at radius 2 is 2.03 bits per heavy atom. The van der Waals surface area contributed by atoms with Crippen LogP contribution in [0.4, 0.5) is 5.69 Å². The highest BCUT2D eigenvalue weighted by molar-refractivity contribution is 5.79. The molecule has 8 nitrogen and oxygen atoms in total. The zero-order valence-corrected chi connectivity index (χ0v) is 17.2. The molecule has 0 spiro atoms. The third kappa shape index (κ3) is 6.73. The van der Waals surface area contributed by atoms with E-state index in [2.05, 4.69) is 5.32 Å². The zero-order chi connectivity index (χ0) is 21.2. The lowest BCUT2D eigenvalue weighted by Crippen LogP contribution is -2.43. The van der Waals surface area contributed by atoms with Crippen molar-refractivity contribution in [3.63, 3.8) is 0 Å². The summed E-state index contributed by atoms with van der Waals surface area (Å²) in [4.78, 5) is 17.2. The van der Waals surface area contributed by atoms with E-state index in [9.17, 15) is 10.1 Å². The summed E-state index contributed by atoms with van der Waals surface area (Å²) in [6.07, 6.45) is 1.05. The highest BCUT2D eigenvalue weighted by Crippen LogP contribution is 2.13. The quantitative estimate of drug-likeness (QED) is 0.295. The summed E-state index contributed by atoms with van der Waals surface area (Å²) in [6.45, 7) is 4.01. The van der Waals surface area contributed by atoms with Crippen LogP contribution in [0.5, 0.6) is 5.75 Å². The average molecular weight is 412 g/mol. The molecular formula is C22H28N4O4. The molecule has 2 aromatic rings. The van der Waals surface area contributed by atoms with Crippen LogP contribution < -0.4 is 10.1 Å². The van der Waals surface area contributed by atoms with Gasteiger partial charge in [-0.15, -0.1) is 0 Å². The first-order chi connectivity index (χ1) is 14.6. The molecule has 1 aliphatic rings. The topological polar surface area (TPSA) is 89.2 Å². The second kappa shape index (κ2) is 11.2. The van der Waals surface area contributed by atoms with Crippen molar-refractivity contribution in [2.45, 2.75) is 13.0 Å². The molecule has 0 amide bonds. The summed E-state index contributed by atoms with van der Waals surface area (Å²) in [6, 6.07) is 16.2. The van der Waals surface area contributed by atoms with Gasteiger partial charge >= 0.3 is 0 Å². The Labute approximate surface area is 176 Å². The lowest BCUT2D eigenvalue weighted by Gasteiger charge is -2.23. The van der Waals surface area contributed by atoms with Crippen LogP contribution in [0.15, 0.2) is 59.6 Å². The maximum atomic E-state index is 10.8. The monoisotopic (exact) mass is 412 g/mol. The molecule has 160 valence electrons. The first-order valence-electron chi connectivity index (χ1n) is 10.1. The number of aliphatic imine (C=N–C) groups is 1. The summed E-state index contributed by atoms with van der Waals surface area (Å²) >= 11 is 0. The van der Waals surface area contributed by atoms with Crippen LogP contribution in [-0.2, 0) is 11.3 Å². The highest BCUT2D eigenvalue weighted by Gasteiger charge is 2.17. The van der Waals surface area contributed by atoms with E-state index >= 15 is 0 Å². The molecule has 1 atom stereocenters. The number of para-hydroxylation sites is 1. The number of rotatable bonds is 9. The number of hydrogen-bond donors (Lipinski definition) is 1. The predicted molar refractivity (Wildman–Crippen MR) is 116 cm³/mol. The Balaban J connectivity index is 1.58. The van der Waals surface area contributed by atoms with Gasteiger partial charge < -0.3 is 19.7 Å². The Bertz CT molecular complexity index is 821. The third-order valence-electron chi connectivity index (χ3n) is 4.93. The van der Waals surface area contributed by atoms with Gasteiger partial charge in [0.2, 0.25) is 0 Å². The van der Waals surface area contributed by atoms with Crippen molar-refractivity contribution in [3.8, 4) is 5.75 Å². The summed E-state index contributed by atoms with van der Waals surface area (Å²) in [7, 11) is 1.97. The molecule has 8 heteroatoms. The third-order valence-corrected chi connectivity index (χ3v) is 4.93. The molecule has 0 aromatic heterocycles. The van der Waals surface area contributed by atoms with Crippen molar-refractivity contribution in [1.82, 2.24) is 10.2 Å². The van der Waals surface area contributed by atoms with Crippen molar-refractivity contribution >= 4 is 11.6 Å². The molecule has 0 saturated carbocycles. The first-order valence-corrected chi connectivity index (χ1v) is 10.1. The molecule has 1 unspecified atom stereocenters. The normalized spacial score (nSPS) is 16.3. The van der Waals surface area contributed by atoms with E-state index in [-0.39, 0.29) is 5.69 Å². The van der Waals surface area contributed by atoms with Crippen molar-refractivity contribution in [2.24, 2.45) is 10.9 Å². The second-order valence-corrected chi connectivity index (χ2v) is 7.26. The fraction of sp³-hybridized carbons (Fsp3) is 0.409. The number of nitro benzene ring substituents is 1. The molecule has 1 saturated heterocycles. The van der Waals surface area contributed by atoms with Gasteiger partial charge in [0.1, 0.15) is 12.4 Å². The van der Waals surface area contributed by atoms with Crippen LogP contribution in [0, 0.1) is 16.0 Å². The number of nitrogens with one attached hydrogen (secondary N) is 1. The number of benzene rings is 2. The van der Waals surface area contributed by atoms with Gasteiger partial charge in [-0.05, 0) is 24.1 Å². The molecule has 30 heavy (non-hydrogen) atoms. The SMILES string of the molecule is CN(CCOc1ccccc1)C(=NCc1ccc([N+](=O)[O-])cc1)NCC1CCOC1. The second-order valence-electron chi connectivity index (χ2n) is 7.26. The zero-order valence-electron chi connectivity index (χ0n) is 17.2. The Hall–Kier alpha value is -3.13. The first kappa shape index (κ1) is 21.6.